The fourth-order valence-corrected chi connectivity index (χ4v) is 2.57. The van der Waals surface area contributed by atoms with Crippen molar-refractivity contribution in [3.63, 3.8) is 0 Å². The molecule has 2 aromatic rings. The first-order chi connectivity index (χ1) is 9.54. The van der Waals surface area contributed by atoms with Crippen molar-refractivity contribution in [3.8, 4) is 6.07 Å². The van der Waals surface area contributed by atoms with Crippen molar-refractivity contribution < 1.29 is 4.79 Å². The second-order valence-electron chi connectivity index (χ2n) is 4.12. The van der Waals surface area contributed by atoms with Crippen molar-refractivity contribution >= 4 is 39.1 Å². The van der Waals surface area contributed by atoms with Crippen molar-refractivity contribution in [3.05, 3.63) is 63.1 Å². The molecule has 0 radical (unpaired) electrons. The number of hydrogen-bond acceptors (Lipinski definition) is 2. The number of nitrogens with zero attached hydrogens (tertiary/aromatic N) is 2. The van der Waals surface area contributed by atoms with Gasteiger partial charge in [-0.1, -0.05) is 39.7 Å². The molecule has 0 heterocycles. The molecular weight excluding hydrogens is 340 g/mol. The summed E-state index contributed by atoms with van der Waals surface area (Å²) in [5.41, 5.74) is 1.39. The predicted octanol–water partition coefficient (Wildman–Crippen LogP) is 4.25. The Bertz CT molecular complexity index is 709. The van der Waals surface area contributed by atoms with Gasteiger partial charge in [-0.25, -0.2) is 0 Å². The SMILES string of the molecule is CN(C(=O)c1ccc(Br)cc1Cl)c1ccccc1C#N. The van der Waals surface area contributed by atoms with E-state index in [0.717, 1.165) is 4.47 Å². The molecule has 1 amide bonds. The molecule has 20 heavy (non-hydrogen) atoms. The first-order valence-corrected chi connectivity index (χ1v) is 6.94. The number of benzene rings is 2. The Morgan fingerprint density at radius 3 is 2.65 bits per heavy atom. The summed E-state index contributed by atoms with van der Waals surface area (Å²) < 4.78 is 0.805. The van der Waals surface area contributed by atoms with Gasteiger partial charge in [0.05, 0.1) is 21.8 Å². The number of rotatable bonds is 2. The van der Waals surface area contributed by atoms with E-state index >= 15 is 0 Å². The minimum absolute atomic E-state index is 0.259. The Kier molecular flexibility index (Phi) is 4.43. The number of nitriles is 1. The third-order valence-corrected chi connectivity index (χ3v) is 3.66. The van der Waals surface area contributed by atoms with E-state index in [1.165, 1.54) is 4.90 Å². The Morgan fingerprint density at radius 1 is 1.30 bits per heavy atom. The van der Waals surface area contributed by atoms with Crippen molar-refractivity contribution in [2.75, 3.05) is 11.9 Å². The average molecular weight is 350 g/mol. The number of para-hydroxylation sites is 1. The van der Waals surface area contributed by atoms with Gasteiger partial charge in [0.25, 0.3) is 5.91 Å². The molecule has 0 spiro atoms. The van der Waals surface area contributed by atoms with Crippen LogP contribution in [0.1, 0.15) is 15.9 Å². The Labute approximate surface area is 130 Å². The monoisotopic (exact) mass is 348 g/mol. The summed E-state index contributed by atoms with van der Waals surface area (Å²) in [6.45, 7) is 0. The van der Waals surface area contributed by atoms with Gasteiger partial charge in [-0.2, -0.15) is 5.26 Å². The maximum absolute atomic E-state index is 12.5. The second kappa shape index (κ2) is 6.08. The molecule has 3 nitrogen and oxygen atoms in total. The lowest BCUT2D eigenvalue weighted by Gasteiger charge is -2.19. The van der Waals surface area contributed by atoms with Crippen LogP contribution in [-0.4, -0.2) is 13.0 Å². The second-order valence-corrected chi connectivity index (χ2v) is 5.44. The lowest BCUT2D eigenvalue weighted by atomic mass is 10.1. The Balaban J connectivity index is 2.41. The first-order valence-electron chi connectivity index (χ1n) is 5.77. The lowest BCUT2D eigenvalue weighted by Crippen LogP contribution is -2.27. The van der Waals surface area contributed by atoms with Gasteiger partial charge in [0.2, 0.25) is 0 Å². The quantitative estimate of drug-likeness (QED) is 0.813. The van der Waals surface area contributed by atoms with E-state index in [9.17, 15) is 4.79 Å². The molecule has 0 fully saturated rings. The van der Waals surface area contributed by atoms with Crippen LogP contribution in [0.4, 0.5) is 5.69 Å². The van der Waals surface area contributed by atoms with Crippen LogP contribution in [0.25, 0.3) is 0 Å². The lowest BCUT2D eigenvalue weighted by molar-refractivity contribution is 0.0993. The van der Waals surface area contributed by atoms with Crippen LogP contribution in [0.3, 0.4) is 0 Å². The van der Waals surface area contributed by atoms with Crippen molar-refractivity contribution in [1.29, 1.82) is 5.26 Å². The summed E-state index contributed by atoms with van der Waals surface area (Å²) in [5, 5.41) is 9.46. The maximum atomic E-state index is 12.5. The van der Waals surface area contributed by atoms with Crippen LogP contribution in [0.15, 0.2) is 46.9 Å². The summed E-state index contributed by atoms with van der Waals surface area (Å²) >= 11 is 9.38. The summed E-state index contributed by atoms with van der Waals surface area (Å²) in [7, 11) is 1.62. The van der Waals surface area contributed by atoms with Gasteiger partial charge < -0.3 is 4.90 Å². The zero-order chi connectivity index (χ0) is 14.7. The normalized spacial score (nSPS) is 9.90. The van der Waals surface area contributed by atoms with Crippen LogP contribution in [0.5, 0.6) is 0 Å². The molecule has 0 atom stereocenters. The summed E-state index contributed by atoms with van der Waals surface area (Å²) in [6, 6.07) is 14.1. The van der Waals surface area contributed by atoms with Crippen molar-refractivity contribution in [1.82, 2.24) is 0 Å². The predicted molar refractivity (Wildman–Crippen MR) is 83.0 cm³/mol. The molecule has 0 unspecified atom stereocenters. The highest BCUT2D eigenvalue weighted by atomic mass is 79.9. The molecule has 2 rings (SSSR count). The van der Waals surface area contributed by atoms with Gasteiger partial charge in [-0.3, -0.25) is 4.79 Å². The van der Waals surface area contributed by atoms with E-state index in [0.29, 0.717) is 21.8 Å². The highest BCUT2D eigenvalue weighted by Gasteiger charge is 2.18. The number of halogens is 2. The molecule has 0 aliphatic carbocycles. The zero-order valence-corrected chi connectivity index (χ0v) is 12.9. The Morgan fingerprint density at radius 2 is 2.00 bits per heavy atom. The number of carbonyl (C=O) groups excluding carboxylic acids is 1. The van der Waals surface area contributed by atoms with Crippen molar-refractivity contribution in [2.24, 2.45) is 0 Å². The molecule has 0 saturated heterocycles. The molecule has 0 aliphatic heterocycles. The van der Waals surface area contributed by atoms with E-state index in [1.54, 1.807) is 49.5 Å². The van der Waals surface area contributed by atoms with Gasteiger partial charge >= 0.3 is 0 Å². The topological polar surface area (TPSA) is 44.1 Å². The van der Waals surface area contributed by atoms with Crippen LogP contribution < -0.4 is 4.90 Å². The molecular formula is C15H10BrClN2O. The number of carbonyl (C=O) groups is 1. The molecule has 0 saturated carbocycles. The Hall–Kier alpha value is -1.83. The van der Waals surface area contributed by atoms with Gasteiger partial charge in [-0.05, 0) is 30.3 Å². The highest BCUT2D eigenvalue weighted by molar-refractivity contribution is 9.10. The summed E-state index contributed by atoms with van der Waals surface area (Å²) in [5.74, 6) is -0.259. The number of anilines is 1. The summed E-state index contributed by atoms with van der Waals surface area (Å²) in [6.07, 6.45) is 0. The van der Waals surface area contributed by atoms with E-state index in [-0.39, 0.29) is 5.91 Å². The van der Waals surface area contributed by atoms with E-state index in [1.807, 2.05) is 0 Å². The average Bonchev–Trinajstić information content (AvgIpc) is 2.45. The van der Waals surface area contributed by atoms with E-state index in [2.05, 4.69) is 22.0 Å². The number of hydrogen-bond donors (Lipinski definition) is 0. The van der Waals surface area contributed by atoms with Crippen LogP contribution >= 0.6 is 27.5 Å². The molecule has 5 heteroatoms. The molecule has 0 bridgehead atoms. The molecule has 0 aliphatic rings. The minimum Gasteiger partial charge on any atom is -0.310 e. The van der Waals surface area contributed by atoms with Crippen LogP contribution in [-0.2, 0) is 0 Å². The molecule has 0 N–H and O–H groups in total. The van der Waals surface area contributed by atoms with Crippen molar-refractivity contribution in [2.45, 2.75) is 0 Å². The summed E-state index contributed by atoms with van der Waals surface area (Å²) in [4.78, 5) is 13.9. The highest BCUT2D eigenvalue weighted by Crippen LogP contribution is 2.25. The largest absolute Gasteiger partial charge is 0.310 e. The van der Waals surface area contributed by atoms with Gasteiger partial charge in [-0.15, -0.1) is 0 Å². The first kappa shape index (κ1) is 14.6. The van der Waals surface area contributed by atoms with Crippen LogP contribution in [0.2, 0.25) is 5.02 Å². The van der Waals surface area contributed by atoms with E-state index in [4.69, 9.17) is 16.9 Å². The fraction of sp³-hybridized carbons (Fsp3) is 0.0667. The number of amides is 1. The van der Waals surface area contributed by atoms with Gasteiger partial charge in [0, 0.05) is 11.5 Å². The van der Waals surface area contributed by atoms with Gasteiger partial charge in [0.1, 0.15) is 6.07 Å². The zero-order valence-electron chi connectivity index (χ0n) is 10.6. The minimum atomic E-state index is -0.259. The molecule has 0 aromatic heterocycles. The standard InChI is InChI=1S/C15H10BrClN2O/c1-19(14-5-3-2-4-10(14)9-18)15(20)12-7-6-11(16)8-13(12)17/h2-8H,1H3. The van der Waals surface area contributed by atoms with Gasteiger partial charge in [0.15, 0.2) is 0 Å². The third-order valence-electron chi connectivity index (χ3n) is 2.85. The maximum Gasteiger partial charge on any atom is 0.259 e. The molecule has 100 valence electrons. The smallest absolute Gasteiger partial charge is 0.259 e. The molecule has 2 aromatic carbocycles. The third kappa shape index (κ3) is 2.84. The van der Waals surface area contributed by atoms with E-state index < -0.39 is 0 Å². The van der Waals surface area contributed by atoms with Crippen LogP contribution in [0, 0.1) is 11.3 Å². The fourth-order valence-electron chi connectivity index (χ4n) is 1.81.